The van der Waals surface area contributed by atoms with Gasteiger partial charge in [-0.3, -0.25) is 0 Å². The molecule has 1 heterocycles. The van der Waals surface area contributed by atoms with E-state index in [0.717, 1.165) is 23.5 Å². The van der Waals surface area contributed by atoms with Gasteiger partial charge in [-0.05, 0) is 158 Å². The van der Waals surface area contributed by atoms with Crippen LogP contribution in [-0.2, 0) is 0 Å². The number of nitrogens with zero attached hydrogens (tertiary/aromatic N) is 2. The molecule has 0 amide bonds. The second-order valence-corrected chi connectivity index (χ2v) is 18.8. The summed E-state index contributed by atoms with van der Waals surface area (Å²) in [5, 5.41) is 2.47. The molecule has 0 fully saturated rings. The standard InChI is InChI=1S/C67H56N2/c1-5-47(4)49-16-18-52(19-17-49)53-20-22-56(23-21-53)58-32-42-66-64(44-58)65-45-59(33-43-67(65)69(66)63-34-24-48(25-35-63)46(2)3)57-30-40-62(41-31-57)68(60-36-26-54(27-37-60)50-12-8-6-9-13-50)61-38-28-55(29-39-61)51-14-10-7-11-15-51/h6-47H,5H2,1-4H3. The fraction of sp³-hybridized carbons (Fsp3) is 0.104. The number of benzene rings is 10. The lowest BCUT2D eigenvalue weighted by atomic mass is 9.95. The molecule has 0 N–H and O–H groups in total. The monoisotopic (exact) mass is 888 g/mol. The first kappa shape index (κ1) is 43.4. The fourth-order valence-electron chi connectivity index (χ4n) is 9.88. The predicted molar refractivity (Wildman–Crippen MR) is 295 cm³/mol. The van der Waals surface area contributed by atoms with Gasteiger partial charge in [0.2, 0.25) is 0 Å². The van der Waals surface area contributed by atoms with Gasteiger partial charge in [-0.25, -0.2) is 0 Å². The molecule has 1 atom stereocenters. The SMILES string of the molecule is CCC(C)c1ccc(-c2ccc(-c3ccc4c(c3)c3cc(-c5ccc(N(c6ccc(-c7ccccc7)cc6)c6ccc(-c7ccccc7)cc6)cc5)ccc3n4-c3ccc(C(C)C)cc3)cc2)cc1. The molecule has 1 aromatic heterocycles. The van der Waals surface area contributed by atoms with Crippen LogP contribution >= 0.6 is 0 Å². The summed E-state index contributed by atoms with van der Waals surface area (Å²) in [5.41, 5.74) is 21.7. The Hall–Kier alpha value is -8.20. The van der Waals surface area contributed by atoms with Crippen LogP contribution in [0.2, 0.25) is 0 Å². The van der Waals surface area contributed by atoms with Crippen LogP contribution in [0.15, 0.2) is 243 Å². The van der Waals surface area contributed by atoms with Gasteiger partial charge < -0.3 is 9.47 Å². The highest BCUT2D eigenvalue weighted by Gasteiger charge is 2.18. The molecule has 10 aromatic carbocycles. The Balaban J connectivity index is 0.966. The number of aromatic nitrogens is 1. The minimum atomic E-state index is 0.469. The van der Waals surface area contributed by atoms with Gasteiger partial charge in [0.1, 0.15) is 0 Å². The van der Waals surface area contributed by atoms with E-state index in [1.54, 1.807) is 0 Å². The summed E-state index contributed by atoms with van der Waals surface area (Å²) in [6, 6.07) is 89.3. The molecule has 11 rings (SSSR count). The zero-order valence-electron chi connectivity index (χ0n) is 39.9. The molecule has 0 bridgehead atoms. The highest BCUT2D eigenvalue weighted by atomic mass is 15.1. The lowest BCUT2D eigenvalue weighted by Crippen LogP contribution is -2.09. The topological polar surface area (TPSA) is 8.17 Å². The highest BCUT2D eigenvalue weighted by Crippen LogP contribution is 2.41. The maximum absolute atomic E-state index is 2.43. The Morgan fingerprint density at radius 1 is 0.333 bits per heavy atom. The Morgan fingerprint density at radius 2 is 0.652 bits per heavy atom. The van der Waals surface area contributed by atoms with Crippen molar-refractivity contribution in [2.45, 2.75) is 46.0 Å². The van der Waals surface area contributed by atoms with E-state index in [9.17, 15) is 0 Å². The molecular weight excluding hydrogens is 833 g/mol. The highest BCUT2D eigenvalue weighted by molar-refractivity contribution is 6.11. The van der Waals surface area contributed by atoms with Crippen molar-refractivity contribution in [1.82, 2.24) is 4.57 Å². The van der Waals surface area contributed by atoms with E-state index in [-0.39, 0.29) is 0 Å². The number of hydrogen-bond donors (Lipinski definition) is 0. The van der Waals surface area contributed by atoms with Crippen molar-refractivity contribution in [2.75, 3.05) is 4.90 Å². The second kappa shape index (κ2) is 18.8. The molecule has 0 radical (unpaired) electrons. The first-order valence-electron chi connectivity index (χ1n) is 24.5. The Labute approximate surface area is 407 Å². The first-order valence-corrected chi connectivity index (χ1v) is 24.5. The molecule has 0 spiro atoms. The van der Waals surface area contributed by atoms with Crippen molar-refractivity contribution in [2.24, 2.45) is 0 Å². The van der Waals surface area contributed by atoms with E-state index >= 15 is 0 Å². The lowest BCUT2D eigenvalue weighted by Gasteiger charge is -2.26. The number of rotatable bonds is 12. The van der Waals surface area contributed by atoms with Crippen molar-refractivity contribution in [1.29, 1.82) is 0 Å². The van der Waals surface area contributed by atoms with Crippen molar-refractivity contribution >= 4 is 38.9 Å². The average Bonchev–Trinajstić information content (AvgIpc) is 3.75. The molecule has 2 nitrogen and oxygen atoms in total. The van der Waals surface area contributed by atoms with Gasteiger partial charge in [0.25, 0.3) is 0 Å². The van der Waals surface area contributed by atoms with Crippen LogP contribution in [0, 0.1) is 0 Å². The van der Waals surface area contributed by atoms with Crippen molar-refractivity contribution in [3.05, 3.63) is 254 Å². The van der Waals surface area contributed by atoms with E-state index in [1.165, 1.54) is 94.3 Å². The quantitative estimate of drug-likeness (QED) is 0.119. The first-order chi connectivity index (χ1) is 33.9. The summed E-state index contributed by atoms with van der Waals surface area (Å²) in [4.78, 5) is 2.35. The Kier molecular flexibility index (Phi) is 11.8. The van der Waals surface area contributed by atoms with Crippen molar-refractivity contribution in [3.63, 3.8) is 0 Å². The molecule has 1 unspecified atom stereocenters. The van der Waals surface area contributed by atoms with Crippen LogP contribution in [0.25, 0.3) is 83.1 Å². The fourth-order valence-corrected chi connectivity index (χ4v) is 9.88. The zero-order valence-corrected chi connectivity index (χ0v) is 39.9. The molecule has 2 heteroatoms. The summed E-state index contributed by atoms with van der Waals surface area (Å²) in [5.74, 6) is 1.04. The van der Waals surface area contributed by atoms with E-state index < -0.39 is 0 Å². The van der Waals surface area contributed by atoms with Gasteiger partial charge in [-0.1, -0.05) is 198 Å². The van der Waals surface area contributed by atoms with E-state index in [1.807, 2.05) is 0 Å². The van der Waals surface area contributed by atoms with Gasteiger partial charge in [-0.15, -0.1) is 0 Å². The zero-order chi connectivity index (χ0) is 46.8. The Morgan fingerprint density at radius 3 is 1.03 bits per heavy atom. The van der Waals surface area contributed by atoms with Gasteiger partial charge in [0.05, 0.1) is 11.0 Å². The van der Waals surface area contributed by atoms with Gasteiger partial charge >= 0.3 is 0 Å². The minimum Gasteiger partial charge on any atom is -0.311 e. The number of fused-ring (bicyclic) bond motifs is 3. The third kappa shape index (κ3) is 8.67. The summed E-state index contributed by atoms with van der Waals surface area (Å²) < 4.78 is 2.43. The van der Waals surface area contributed by atoms with Crippen LogP contribution in [0.5, 0.6) is 0 Å². The third-order valence-electron chi connectivity index (χ3n) is 14.2. The summed E-state index contributed by atoms with van der Waals surface area (Å²) in [7, 11) is 0. The average molecular weight is 889 g/mol. The summed E-state index contributed by atoms with van der Waals surface area (Å²) in [6.07, 6.45) is 1.15. The molecule has 0 aliphatic carbocycles. The largest absolute Gasteiger partial charge is 0.311 e. The van der Waals surface area contributed by atoms with Crippen molar-refractivity contribution < 1.29 is 0 Å². The smallest absolute Gasteiger partial charge is 0.0541 e. The maximum Gasteiger partial charge on any atom is 0.0541 e. The van der Waals surface area contributed by atoms with Gasteiger partial charge in [0.15, 0.2) is 0 Å². The Bertz CT molecular complexity index is 3410. The van der Waals surface area contributed by atoms with Crippen LogP contribution in [0.4, 0.5) is 17.1 Å². The van der Waals surface area contributed by atoms with Crippen LogP contribution in [0.3, 0.4) is 0 Å². The third-order valence-corrected chi connectivity index (χ3v) is 14.2. The normalized spacial score (nSPS) is 11.9. The molecular formula is C67H56N2. The molecule has 0 saturated carbocycles. The van der Waals surface area contributed by atoms with E-state index in [0.29, 0.717) is 11.8 Å². The molecule has 0 saturated heterocycles. The maximum atomic E-state index is 2.43. The number of hydrogen-bond acceptors (Lipinski definition) is 1. The van der Waals surface area contributed by atoms with Crippen LogP contribution < -0.4 is 4.90 Å². The summed E-state index contributed by atoms with van der Waals surface area (Å²) >= 11 is 0. The predicted octanol–water partition coefficient (Wildman–Crippen LogP) is 19.2. The van der Waals surface area contributed by atoms with Gasteiger partial charge in [-0.2, -0.15) is 0 Å². The number of anilines is 3. The lowest BCUT2D eigenvalue weighted by molar-refractivity contribution is 0.734. The second-order valence-electron chi connectivity index (χ2n) is 18.8. The summed E-state index contributed by atoms with van der Waals surface area (Å²) in [6.45, 7) is 9.06. The minimum absolute atomic E-state index is 0.469. The van der Waals surface area contributed by atoms with Gasteiger partial charge in [0, 0.05) is 33.5 Å². The molecule has 334 valence electrons. The molecule has 0 aliphatic heterocycles. The van der Waals surface area contributed by atoms with E-state index in [2.05, 4.69) is 280 Å². The molecule has 0 aliphatic rings. The van der Waals surface area contributed by atoms with Crippen LogP contribution in [0.1, 0.15) is 57.1 Å². The van der Waals surface area contributed by atoms with E-state index in [4.69, 9.17) is 0 Å². The molecule has 69 heavy (non-hydrogen) atoms. The van der Waals surface area contributed by atoms with Crippen LogP contribution in [-0.4, -0.2) is 4.57 Å². The van der Waals surface area contributed by atoms with Crippen molar-refractivity contribution in [3.8, 4) is 61.3 Å². The molecule has 11 aromatic rings.